The zero-order valence-corrected chi connectivity index (χ0v) is 13.2. The third kappa shape index (κ3) is 3.67. The molecule has 1 aliphatic rings. The van der Waals surface area contributed by atoms with E-state index in [0.717, 1.165) is 37.8 Å². The van der Waals surface area contributed by atoms with Crippen LogP contribution in [0.2, 0.25) is 0 Å². The van der Waals surface area contributed by atoms with E-state index in [4.69, 9.17) is 0 Å². The Balaban J connectivity index is 1.59. The number of nitrogens with one attached hydrogen (secondary N) is 1. The minimum atomic E-state index is 0.384. The van der Waals surface area contributed by atoms with Gasteiger partial charge in [-0.25, -0.2) is 4.98 Å². The molecule has 3 rings (SSSR count). The molecule has 1 fully saturated rings. The summed E-state index contributed by atoms with van der Waals surface area (Å²) in [6.07, 6.45) is 3.92. The van der Waals surface area contributed by atoms with Crippen LogP contribution in [0.25, 0.3) is 0 Å². The van der Waals surface area contributed by atoms with Crippen molar-refractivity contribution in [1.82, 2.24) is 19.8 Å². The molecule has 1 saturated heterocycles. The van der Waals surface area contributed by atoms with Crippen LogP contribution in [-0.4, -0.2) is 46.4 Å². The zero-order chi connectivity index (χ0) is 14.5. The van der Waals surface area contributed by atoms with E-state index in [1.807, 2.05) is 24.2 Å². The molecule has 1 unspecified atom stereocenters. The lowest BCUT2D eigenvalue weighted by molar-refractivity contribution is 0.163. The fourth-order valence-electron chi connectivity index (χ4n) is 2.76. The van der Waals surface area contributed by atoms with Gasteiger partial charge in [0.25, 0.3) is 0 Å². The van der Waals surface area contributed by atoms with E-state index in [1.54, 1.807) is 0 Å². The topological polar surface area (TPSA) is 33.1 Å². The lowest BCUT2D eigenvalue weighted by atomic mass is 10.2. The lowest BCUT2D eigenvalue weighted by Crippen LogP contribution is -2.47. The first kappa shape index (κ1) is 14.6. The number of benzene rings is 1. The Labute approximate surface area is 130 Å². The highest BCUT2D eigenvalue weighted by Crippen LogP contribution is 2.22. The summed E-state index contributed by atoms with van der Waals surface area (Å²) in [7, 11) is 2.08. The number of hydrogen-bond acceptors (Lipinski definition) is 4. The van der Waals surface area contributed by atoms with Crippen LogP contribution in [0, 0.1) is 0 Å². The first-order valence-electron chi connectivity index (χ1n) is 7.44. The second kappa shape index (κ2) is 7.11. The molecule has 2 aromatic rings. The summed E-state index contributed by atoms with van der Waals surface area (Å²) in [5.74, 6) is 2.28. The van der Waals surface area contributed by atoms with E-state index in [-0.39, 0.29) is 0 Å². The van der Waals surface area contributed by atoms with Crippen molar-refractivity contribution in [2.24, 2.45) is 7.05 Å². The molecule has 1 N–H and O–H groups in total. The Hall–Kier alpha value is -1.30. The number of aryl methyl sites for hydroxylation is 1. The molecule has 4 nitrogen and oxygen atoms in total. The van der Waals surface area contributed by atoms with Crippen molar-refractivity contribution in [2.45, 2.75) is 10.9 Å². The van der Waals surface area contributed by atoms with Crippen LogP contribution in [0.3, 0.4) is 0 Å². The number of hydrogen-bond donors (Lipinski definition) is 1. The molecular formula is C16H22N4S. The quantitative estimate of drug-likeness (QED) is 0.858. The second-order valence-corrected chi connectivity index (χ2v) is 6.48. The first-order valence-corrected chi connectivity index (χ1v) is 8.43. The molecule has 0 bridgehead atoms. The van der Waals surface area contributed by atoms with Crippen LogP contribution in [0.1, 0.15) is 11.9 Å². The van der Waals surface area contributed by atoms with Gasteiger partial charge in [-0.15, -0.1) is 11.8 Å². The van der Waals surface area contributed by atoms with Gasteiger partial charge >= 0.3 is 0 Å². The number of imidazole rings is 1. The maximum absolute atomic E-state index is 4.53. The van der Waals surface area contributed by atoms with Crippen LogP contribution in [0.4, 0.5) is 0 Å². The van der Waals surface area contributed by atoms with Crippen LogP contribution in [0.5, 0.6) is 0 Å². The summed E-state index contributed by atoms with van der Waals surface area (Å²) in [5.41, 5.74) is 0. The molecule has 0 aliphatic carbocycles. The Kier molecular flexibility index (Phi) is 4.95. The Morgan fingerprint density at radius 3 is 2.95 bits per heavy atom. The standard InChI is InChI=1S/C16H22N4S/c1-19-9-8-18-16(19)15-13-17-7-10-20(15)11-12-21-14-5-3-2-4-6-14/h2-6,8-9,15,17H,7,10-13H2,1H3. The van der Waals surface area contributed by atoms with Crippen molar-refractivity contribution in [1.29, 1.82) is 0 Å². The second-order valence-electron chi connectivity index (χ2n) is 5.31. The monoisotopic (exact) mass is 302 g/mol. The van der Waals surface area contributed by atoms with Crippen molar-refractivity contribution in [2.75, 3.05) is 31.9 Å². The SMILES string of the molecule is Cn1ccnc1C1CNCCN1CCSc1ccccc1. The molecule has 2 heterocycles. The van der Waals surface area contributed by atoms with Crippen molar-refractivity contribution in [3.63, 3.8) is 0 Å². The van der Waals surface area contributed by atoms with Gasteiger partial charge in [-0.1, -0.05) is 18.2 Å². The van der Waals surface area contributed by atoms with E-state index >= 15 is 0 Å². The molecule has 1 aromatic heterocycles. The van der Waals surface area contributed by atoms with Gasteiger partial charge in [-0.2, -0.15) is 0 Å². The maximum atomic E-state index is 4.53. The van der Waals surface area contributed by atoms with E-state index in [9.17, 15) is 0 Å². The first-order chi connectivity index (χ1) is 10.3. The predicted octanol–water partition coefficient (Wildman–Crippen LogP) is 2.16. The van der Waals surface area contributed by atoms with Gasteiger partial charge in [-0.3, -0.25) is 4.90 Å². The fourth-order valence-corrected chi connectivity index (χ4v) is 3.68. The summed E-state index contributed by atoms with van der Waals surface area (Å²) in [5, 5.41) is 3.49. The largest absolute Gasteiger partial charge is 0.337 e. The Morgan fingerprint density at radius 1 is 1.33 bits per heavy atom. The number of rotatable bonds is 5. The normalized spacial score (nSPS) is 19.8. The van der Waals surface area contributed by atoms with Crippen LogP contribution in [0.15, 0.2) is 47.6 Å². The Morgan fingerprint density at radius 2 is 2.19 bits per heavy atom. The molecular weight excluding hydrogens is 280 g/mol. The van der Waals surface area contributed by atoms with E-state index < -0.39 is 0 Å². The number of nitrogens with zero attached hydrogens (tertiary/aromatic N) is 3. The number of aromatic nitrogens is 2. The van der Waals surface area contributed by atoms with Crippen LogP contribution < -0.4 is 5.32 Å². The predicted molar refractivity (Wildman–Crippen MR) is 87.6 cm³/mol. The van der Waals surface area contributed by atoms with Gasteiger partial charge in [0.1, 0.15) is 5.82 Å². The molecule has 0 spiro atoms. The summed E-state index contributed by atoms with van der Waals surface area (Å²) in [6.45, 7) is 4.24. The molecule has 1 atom stereocenters. The lowest BCUT2D eigenvalue weighted by Gasteiger charge is -2.35. The van der Waals surface area contributed by atoms with Crippen molar-refractivity contribution in [3.8, 4) is 0 Å². The van der Waals surface area contributed by atoms with Crippen LogP contribution in [-0.2, 0) is 7.05 Å². The fraction of sp³-hybridized carbons (Fsp3) is 0.438. The number of thioether (sulfide) groups is 1. The molecule has 0 radical (unpaired) electrons. The zero-order valence-electron chi connectivity index (χ0n) is 12.4. The average molecular weight is 302 g/mol. The minimum absolute atomic E-state index is 0.384. The Bertz CT molecular complexity index is 554. The smallest absolute Gasteiger partial charge is 0.127 e. The van der Waals surface area contributed by atoms with E-state index in [0.29, 0.717) is 6.04 Å². The summed E-state index contributed by atoms with van der Waals surface area (Å²) >= 11 is 1.93. The van der Waals surface area contributed by atoms with Crippen molar-refractivity contribution >= 4 is 11.8 Å². The van der Waals surface area contributed by atoms with Gasteiger partial charge in [0.05, 0.1) is 6.04 Å². The van der Waals surface area contributed by atoms with Gasteiger partial charge in [0, 0.05) is 56.3 Å². The molecule has 1 aromatic carbocycles. The molecule has 5 heteroatoms. The van der Waals surface area contributed by atoms with Crippen molar-refractivity contribution in [3.05, 3.63) is 48.5 Å². The molecule has 0 amide bonds. The minimum Gasteiger partial charge on any atom is -0.337 e. The number of piperazine rings is 1. The van der Waals surface area contributed by atoms with Gasteiger partial charge in [-0.05, 0) is 12.1 Å². The van der Waals surface area contributed by atoms with E-state index in [1.165, 1.54) is 4.90 Å². The van der Waals surface area contributed by atoms with Crippen LogP contribution >= 0.6 is 11.8 Å². The summed E-state index contributed by atoms with van der Waals surface area (Å²) < 4.78 is 2.13. The molecule has 112 valence electrons. The average Bonchev–Trinajstić information content (AvgIpc) is 2.95. The van der Waals surface area contributed by atoms with Gasteiger partial charge in [0.15, 0.2) is 0 Å². The highest BCUT2D eigenvalue weighted by atomic mass is 32.2. The maximum Gasteiger partial charge on any atom is 0.127 e. The van der Waals surface area contributed by atoms with Gasteiger partial charge in [0.2, 0.25) is 0 Å². The molecule has 1 aliphatic heterocycles. The molecule has 0 saturated carbocycles. The third-order valence-corrected chi connectivity index (χ3v) is 4.89. The highest BCUT2D eigenvalue weighted by Gasteiger charge is 2.26. The highest BCUT2D eigenvalue weighted by molar-refractivity contribution is 7.99. The van der Waals surface area contributed by atoms with Crippen molar-refractivity contribution < 1.29 is 0 Å². The third-order valence-electron chi connectivity index (χ3n) is 3.90. The summed E-state index contributed by atoms with van der Waals surface area (Å²) in [4.78, 5) is 8.43. The summed E-state index contributed by atoms with van der Waals surface area (Å²) in [6, 6.07) is 11.0. The van der Waals surface area contributed by atoms with Gasteiger partial charge < -0.3 is 9.88 Å². The van der Waals surface area contributed by atoms with E-state index in [2.05, 4.69) is 57.1 Å². The molecule has 21 heavy (non-hydrogen) atoms.